The number of H-pyrrole nitrogens is 1. The van der Waals surface area contributed by atoms with E-state index in [2.05, 4.69) is 15.3 Å². The first kappa shape index (κ1) is 25.1. The topological polar surface area (TPSA) is 117 Å². The Morgan fingerprint density at radius 2 is 1.63 bits per heavy atom. The van der Waals surface area contributed by atoms with Gasteiger partial charge in [-0.15, -0.1) is 0 Å². The predicted molar refractivity (Wildman–Crippen MR) is 140 cm³/mol. The molecule has 0 unspecified atom stereocenters. The molecule has 4 aromatic rings. The van der Waals surface area contributed by atoms with E-state index in [4.69, 9.17) is 14.2 Å². The largest absolute Gasteiger partial charge is 0.493 e. The lowest BCUT2D eigenvalue weighted by Gasteiger charge is -2.31. The van der Waals surface area contributed by atoms with E-state index in [1.165, 1.54) is 4.68 Å². The molecule has 1 N–H and O–H groups in total. The van der Waals surface area contributed by atoms with Crippen LogP contribution in [0.15, 0.2) is 53.3 Å². The minimum Gasteiger partial charge on any atom is -0.493 e. The van der Waals surface area contributed by atoms with Crippen molar-refractivity contribution in [2.45, 2.75) is 18.8 Å². The van der Waals surface area contributed by atoms with Crippen LogP contribution in [0.1, 0.15) is 35.1 Å². The van der Waals surface area contributed by atoms with Gasteiger partial charge in [-0.25, -0.2) is 14.0 Å². The lowest BCUT2D eigenvalue weighted by atomic mass is 9.95. The number of rotatable bonds is 7. The Kier molecular flexibility index (Phi) is 6.91. The number of para-hydroxylation sites is 1. The molecule has 1 amide bonds. The Morgan fingerprint density at radius 1 is 0.974 bits per heavy atom. The fraction of sp³-hybridized carbons (Fsp3) is 0.333. The van der Waals surface area contributed by atoms with Gasteiger partial charge in [-0.3, -0.25) is 9.89 Å². The summed E-state index contributed by atoms with van der Waals surface area (Å²) in [6.45, 7) is 1.09. The van der Waals surface area contributed by atoms with Crippen LogP contribution in [-0.4, -0.2) is 69.8 Å². The first-order chi connectivity index (χ1) is 18.4. The average molecular weight is 519 g/mol. The highest BCUT2D eigenvalue weighted by Crippen LogP contribution is 2.41. The van der Waals surface area contributed by atoms with Crippen molar-refractivity contribution < 1.29 is 19.0 Å². The summed E-state index contributed by atoms with van der Waals surface area (Å²) in [5.41, 5.74) is 2.31. The van der Waals surface area contributed by atoms with Gasteiger partial charge in [0.15, 0.2) is 11.5 Å². The minimum atomic E-state index is -0.179. The maximum atomic E-state index is 13.3. The molecule has 0 saturated carbocycles. The van der Waals surface area contributed by atoms with Crippen LogP contribution in [0, 0.1) is 0 Å². The average Bonchev–Trinajstić information content (AvgIpc) is 3.57. The molecule has 1 fully saturated rings. The smallest absolute Gasteiger partial charge is 0.350 e. The summed E-state index contributed by atoms with van der Waals surface area (Å²) < 4.78 is 19.3. The van der Waals surface area contributed by atoms with Crippen molar-refractivity contribution >= 4 is 5.91 Å². The number of benzene rings is 2. The van der Waals surface area contributed by atoms with Gasteiger partial charge in [-0.05, 0) is 43.2 Å². The fourth-order valence-corrected chi connectivity index (χ4v) is 4.89. The Hall–Kier alpha value is -4.54. The van der Waals surface area contributed by atoms with E-state index in [9.17, 15) is 9.59 Å². The van der Waals surface area contributed by atoms with Crippen LogP contribution in [0.4, 0.5) is 0 Å². The van der Waals surface area contributed by atoms with Gasteiger partial charge in [0, 0.05) is 31.6 Å². The molecule has 2 aromatic heterocycles. The first-order valence-corrected chi connectivity index (χ1v) is 12.3. The first-order valence-electron chi connectivity index (χ1n) is 12.3. The molecule has 1 aliphatic rings. The summed E-state index contributed by atoms with van der Waals surface area (Å²) in [6.07, 6.45) is 1.39. The number of piperidine rings is 1. The molecule has 0 radical (unpaired) electrons. The molecule has 3 heterocycles. The number of likely N-dealkylation sites (tertiary alicyclic amines) is 1. The van der Waals surface area contributed by atoms with Crippen LogP contribution < -0.4 is 19.9 Å². The minimum absolute atomic E-state index is 0.0599. The summed E-state index contributed by atoms with van der Waals surface area (Å²) in [5, 5.41) is 11.8. The maximum Gasteiger partial charge on any atom is 0.350 e. The zero-order valence-corrected chi connectivity index (χ0v) is 21.8. The standard InChI is InChI=1S/C27H30N6O5/c1-31-27(35)33(19-8-6-5-7-9-19)25(30-31)17-10-12-32(13-11-17)26(34)21-16-20(28-29-21)18-14-22(36-2)24(38-4)23(15-18)37-3/h5-9,14-17H,10-13H2,1-4H3,(H,28,29). The molecule has 0 aliphatic carbocycles. The Labute approximate surface area is 219 Å². The molecule has 5 rings (SSSR count). The molecule has 1 saturated heterocycles. The van der Waals surface area contributed by atoms with Crippen LogP contribution in [0.5, 0.6) is 17.2 Å². The molecule has 0 atom stereocenters. The number of amides is 1. The number of aromatic amines is 1. The Balaban J connectivity index is 1.32. The maximum absolute atomic E-state index is 13.3. The van der Waals surface area contributed by atoms with E-state index in [1.807, 2.05) is 30.3 Å². The number of nitrogens with zero attached hydrogens (tertiary/aromatic N) is 5. The SMILES string of the molecule is COc1cc(-c2cc(C(=O)N3CCC(c4nn(C)c(=O)n4-c4ccccc4)CC3)[nH]n2)cc(OC)c1OC. The fourth-order valence-electron chi connectivity index (χ4n) is 4.89. The van der Waals surface area contributed by atoms with Crippen molar-refractivity contribution in [2.24, 2.45) is 7.05 Å². The third-order valence-corrected chi connectivity index (χ3v) is 6.88. The summed E-state index contributed by atoms with van der Waals surface area (Å²) >= 11 is 0. The second-order valence-electron chi connectivity index (χ2n) is 9.08. The molecule has 2 aromatic carbocycles. The number of carbonyl (C=O) groups is 1. The number of carbonyl (C=O) groups excluding carboxylic acids is 1. The van der Waals surface area contributed by atoms with Crippen molar-refractivity contribution in [1.29, 1.82) is 0 Å². The highest BCUT2D eigenvalue weighted by atomic mass is 16.5. The van der Waals surface area contributed by atoms with Gasteiger partial charge in [0.1, 0.15) is 11.5 Å². The molecule has 11 heteroatoms. The van der Waals surface area contributed by atoms with Crippen LogP contribution in [-0.2, 0) is 7.05 Å². The molecule has 11 nitrogen and oxygen atoms in total. The van der Waals surface area contributed by atoms with E-state index in [-0.39, 0.29) is 17.5 Å². The number of methoxy groups -OCH3 is 3. The highest BCUT2D eigenvalue weighted by Gasteiger charge is 2.30. The van der Waals surface area contributed by atoms with Gasteiger partial charge in [0.2, 0.25) is 5.75 Å². The van der Waals surface area contributed by atoms with Gasteiger partial charge in [-0.2, -0.15) is 10.2 Å². The Bertz CT molecular complexity index is 1470. The molecule has 1 aliphatic heterocycles. The van der Waals surface area contributed by atoms with E-state index in [1.54, 1.807) is 56.0 Å². The summed E-state index contributed by atoms with van der Waals surface area (Å²) in [5.74, 6) is 2.15. The van der Waals surface area contributed by atoms with Gasteiger partial charge in [0.05, 0.1) is 32.7 Å². The second-order valence-corrected chi connectivity index (χ2v) is 9.08. The highest BCUT2D eigenvalue weighted by molar-refractivity contribution is 5.93. The lowest BCUT2D eigenvalue weighted by Crippen LogP contribution is -2.38. The van der Waals surface area contributed by atoms with E-state index < -0.39 is 0 Å². The van der Waals surface area contributed by atoms with Crippen molar-refractivity contribution in [2.75, 3.05) is 34.4 Å². The van der Waals surface area contributed by atoms with Gasteiger partial charge >= 0.3 is 5.69 Å². The molecule has 38 heavy (non-hydrogen) atoms. The summed E-state index contributed by atoms with van der Waals surface area (Å²) in [6, 6.07) is 14.8. The van der Waals surface area contributed by atoms with Crippen LogP contribution in [0.2, 0.25) is 0 Å². The zero-order chi connectivity index (χ0) is 26.8. The second kappa shape index (κ2) is 10.4. The number of ether oxygens (including phenoxy) is 3. The monoisotopic (exact) mass is 518 g/mol. The van der Waals surface area contributed by atoms with Gasteiger partial charge in [0.25, 0.3) is 5.91 Å². The molecule has 198 valence electrons. The number of hydrogen-bond acceptors (Lipinski definition) is 7. The third-order valence-electron chi connectivity index (χ3n) is 6.88. The van der Waals surface area contributed by atoms with Gasteiger partial charge < -0.3 is 19.1 Å². The summed E-state index contributed by atoms with van der Waals surface area (Å²) in [4.78, 5) is 27.9. The van der Waals surface area contributed by atoms with Crippen LogP contribution in [0.25, 0.3) is 16.9 Å². The number of nitrogens with one attached hydrogen (secondary N) is 1. The quantitative estimate of drug-likeness (QED) is 0.400. The van der Waals surface area contributed by atoms with E-state index in [0.717, 1.165) is 17.1 Å². The van der Waals surface area contributed by atoms with Gasteiger partial charge in [-0.1, -0.05) is 18.2 Å². The number of hydrogen-bond donors (Lipinski definition) is 1. The van der Waals surface area contributed by atoms with E-state index >= 15 is 0 Å². The molecular formula is C27H30N6O5. The number of aryl methyl sites for hydroxylation is 1. The van der Waals surface area contributed by atoms with Crippen molar-refractivity contribution in [1.82, 2.24) is 29.4 Å². The normalized spacial score (nSPS) is 13.9. The summed E-state index contributed by atoms with van der Waals surface area (Å²) in [7, 11) is 6.31. The third kappa shape index (κ3) is 4.51. The zero-order valence-electron chi connectivity index (χ0n) is 21.8. The van der Waals surface area contributed by atoms with Crippen LogP contribution >= 0.6 is 0 Å². The van der Waals surface area contributed by atoms with Crippen molar-refractivity contribution in [3.8, 4) is 34.2 Å². The molecule has 0 bridgehead atoms. The van der Waals surface area contributed by atoms with Crippen molar-refractivity contribution in [3.05, 3.63) is 70.5 Å². The van der Waals surface area contributed by atoms with Crippen molar-refractivity contribution in [3.63, 3.8) is 0 Å². The Morgan fingerprint density at radius 3 is 2.24 bits per heavy atom. The van der Waals surface area contributed by atoms with E-state index in [0.29, 0.717) is 54.6 Å². The number of aromatic nitrogens is 5. The lowest BCUT2D eigenvalue weighted by molar-refractivity contribution is 0.0704. The molecular weight excluding hydrogens is 488 g/mol. The van der Waals surface area contributed by atoms with Crippen LogP contribution in [0.3, 0.4) is 0 Å². The predicted octanol–water partition coefficient (Wildman–Crippen LogP) is 3.01. The molecule has 0 spiro atoms.